The zero-order valence-electron chi connectivity index (χ0n) is 17.1. The van der Waals surface area contributed by atoms with Crippen LogP contribution in [0.5, 0.6) is 0 Å². The third-order valence-corrected chi connectivity index (χ3v) is 6.56. The number of fused-ring (bicyclic) bond motifs is 3. The molecule has 4 nitrogen and oxygen atoms in total. The lowest BCUT2D eigenvalue weighted by atomic mass is 9.84. The highest BCUT2D eigenvalue weighted by molar-refractivity contribution is 5.79. The Morgan fingerprint density at radius 1 is 0.935 bits per heavy atom. The maximum absolute atomic E-state index is 14.1. The summed E-state index contributed by atoms with van der Waals surface area (Å²) in [6.45, 7) is 0.907. The van der Waals surface area contributed by atoms with E-state index in [1.165, 1.54) is 28.3 Å². The van der Waals surface area contributed by atoms with Gasteiger partial charge in [-0.05, 0) is 41.2 Å². The van der Waals surface area contributed by atoms with Crippen LogP contribution in [0.3, 0.4) is 0 Å². The molecular weight excluding hydrogens is 393 g/mol. The van der Waals surface area contributed by atoms with Gasteiger partial charge in [-0.2, -0.15) is 0 Å². The van der Waals surface area contributed by atoms with Crippen molar-refractivity contribution in [3.8, 4) is 11.1 Å². The predicted octanol–water partition coefficient (Wildman–Crippen LogP) is 5.06. The summed E-state index contributed by atoms with van der Waals surface area (Å²) in [6, 6.07) is 22.7. The van der Waals surface area contributed by atoms with Gasteiger partial charge in [-0.25, -0.2) is 9.18 Å². The lowest BCUT2D eigenvalue weighted by molar-refractivity contribution is -0.0273. The van der Waals surface area contributed by atoms with E-state index in [-0.39, 0.29) is 25.4 Å². The number of carbonyl (C=O) groups excluding carboxylic acids is 1. The van der Waals surface area contributed by atoms with Crippen LogP contribution in [-0.4, -0.2) is 35.8 Å². The molecule has 1 N–H and O–H groups in total. The molecule has 0 aromatic heterocycles. The van der Waals surface area contributed by atoms with Crippen molar-refractivity contribution < 1.29 is 19.0 Å². The molecule has 5 rings (SSSR count). The maximum atomic E-state index is 14.1. The van der Waals surface area contributed by atoms with Crippen LogP contribution in [0.2, 0.25) is 0 Å². The van der Waals surface area contributed by atoms with Gasteiger partial charge in [0.1, 0.15) is 12.4 Å². The molecule has 0 atom stereocenters. The van der Waals surface area contributed by atoms with Crippen molar-refractivity contribution in [1.29, 1.82) is 0 Å². The number of ether oxygens (including phenoxy) is 1. The summed E-state index contributed by atoms with van der Waals surface area (Å²) in [7, 11) is 0. The quantitative estimate of drug-likeness (QED) is 0.648. The number of rotatable bonds is 3. The molecular formula is C26H24FNO3. The second-order valence-electron chi connectivity index (χ2n) is 8.30. The topological polar surface area (TPSA) is 49.8 Å². The Kier molecular flexibility index (Phi) is 4.98. The fraction of sp³-hybridized carbons (Fsp3) is 0.269. The van der Waals surface area contributed by atoms with E-state index in [0.29, 0.717) is 18.7 Å². The normalized spacial score (nSPS) is 17.2. The molecule has 3 aromatic rings. The van der Waals surface area contributed by atoms with Gasteiger partial charge < -0.3 is 14.7 Å². The van der Waals surface area contributed by atoms with E-state index < -0.39 is 17.5 Å². The van der Waals surface area contributed by atoms with Gasteiger partial charge >= 0.3 is 6.09 Å². The SMILES string of the molecule is O=C(OCC1c2ccccc2-c2ccccc21)N1CCC(O)(c2ccccc2F)CC1. The van der Waals surface area contributed by atoms with Crippen molar-refractivity contribution in [2.45, 2.75) is 24.4 Å². The molecule has 1 aliphatic heterocycles. The van der Waals surface area contributed by atoms with E-state index >= 15 is 0 Å². The number of halogens is 1. The Hall–Kier alpha value is -3.18. The van der Waals surface area contributed by atoms with E-state index in [9.17, 15) is 14.3 Å². The van der Waals surface area contributed by atoms with Gasteiger partial charge in [0, 0.05) is 24.6 Å². The average Bonchev–Trinajstić information content (AvgIpc) is 3.12. The first-order valence-corrected chi connectivity index (χ1v) is 10.6. The molecule has 3 aromatic carbocycles. The zero-order valence-corrected chi connectivity index (χ0v) is 17.1. The van der Waals surface area contributed by atoms with E-state index in [2.05, 4.69) is 24.3 Å². The number of piperidine rings is 1. The van der Waals surface area contributed by atoms with E-state index in [1.807, 2.05) is 24.3 Å². The van der Waals surface area contributed by atoms with E-state index in [4.69, 9.17) is 4.74 Å². The minimum absolute atomic E-state index is 0.0106. The first-order valence-electron chi connectivity index (χ1n) is 10.6. The van der Waals surface area contributed by atoms with Crippen LogP contribution in [0.1, 0.15) is 35.4 Å². The lowest BCUT2D eigenvalue weighted by Crippen LogP contribution is -2.45. The zero-order chi connectivity index (χ0) is 21.4. The summed E-state index contributed by atoms with van der Waals surface area (Å²) < 4.78 is 19.9. The van der Waals surface area contributed by atoms with Gasteiger partial charge in [0.15, 0.2) is 0 Å². The van der Waals surface area contributed by atoms with E-state index in [0.717, 1.165) is 0 Å². The number of aliphatic hydroxyl groups is 1. The summed E-state index contributed by atoms with van der Waals surface area (Å²) in [4.78, 5) is 14.3. The molecule has 1 amide bonds. The molecule has 0 bridgehead atoms. The smallest absolute Gasteiger partial charge is 0.409 e. The van der Waals surface area contributed by atoms with E-state index in [1.54, 1.807) is 23.1 Å². The molecule has 1 heterocycles. The summed E-state index contributed by atoms with van der Waals surface area (Å²) in [5.74, 6) is -0.406. The van der Waals surface area contributed by atoms with Gasteiger partial charge in [-0.15, -0.1) is 0 Å². The van der Waals surface area contributed by atoms with Crippen LogP contribution >= 0.6 is 0 Å². The molecule has 0 spiro atoms. The first-order chi connectivity index (χ1) is 15.1. The Balaban J connectivity index is 1.25. The number of amides is 1. The number of nitrogens with zero attached hydrogens (tertiary/aromatic N) is 1. The molecule has 2 aliphatic rings. The number of likely N-dealkylation sites (tertiary alicyclic amines) is 1. The van der Waals surface area contributed by atoms with Crippen LogP contribution in [0.15, 0.2) is 72.8 Å². The van der Waals surface area contributed by atoms with Crippen molar-refractivity contribution in [3.05, 3.63) is 95.3 Å². The third-order valence-electron chi connectivity index (χ3n) is 6.56. The number of hydrogen-bond acceptors (Lipinski definition) is 3. The minimum atomic E-state index is -1.26. The molecule has 0 unspecified atom stereocenters. The van der Waals surface area contributed by atoms with Gasteiger partial charge in [-0.1, -0.05) is 66.7 Å². The fourth-order valence-corrected chi connectivity index (χ4v) is 4.85. The number of hydrogen-bond donors (Lipinski definition) is 1. The lowest BCUT2D eigenvalue weighted by Gasteiger charge is -2.38. The van der Waals surface area contributed by atoms with Crippen molar-refractivity contribution >= 4 is 6.09 Å². The van der Waals surface area contributed by atoms with Crippen LogP contribution in [0, 0.1) is 5.82 Å². The van der Waals surface area contributed by atoms with Crippen LogP contribution < -0.4 is 0 Å². The minimum Gasteiger partial charge on any atom is -0.448 e. The third kappa shape index (κ3) is 3.49. The Bertz CT molecular complexity index is 1080. The Morgan fingerprint density at radius 3 is 2.10 bits per heavy atom. The largest absolute Gasteiger partial charge is 0.448 e. The molecule has 0 saturated carbocycles. The summed E-state index contributed by atoms with van der Waals surface area (Å²) in [5, 5.41) is 10.9. The number of benzene rings is 3. The van der Waals surface area contributed by atoms with Gasteiger partial charge in [0.2, 0.25) is 0 Å². The predicted molar refractivity (Wildman–Crippen MR) is 116 cm³/mol. The monoisotopic (exact) mass is 417 g/mol. The van der Waals surface area contributed by atoms with Crippen LogP contribution in [0.4, 0.5) is 9.18 Å². The molecule has 5 heteroatoms. The molecule has 1 saturated heterocycles. The second kappa shape index (κ2) is 7.82. The summed E-state index contributed by atoms with van der Waals surface area (Å²) in [5.41, 5.74) is 3.75. The highest BCUT2D eigenvalue weighted by Crippen LogP contribution is 2.44. The molecule has 1 fully saturated rings. The second-order valence-corrected chi connectivity index (χ2v) is 8.30. The van der Waals surface area contributed by atoms with Crippen molar-refractivity contribution in [2.24, 2.45) is 0 Å². The van der Waals surface area contributed by atoms with Crippen molar-refractivity contribution in [1.82, 2.24) is 4.90 Å². The van der Waals surface area contributed by atoms with Crippen molar-refractivity contribution in [3.63, 3.8) is 0 Å². The fourth-order valence-electron chi connectivity index (χ4n) is 4.85. The summed E-state index contributed by atoms with van der Waals surface area (Å²) in [6.07, 6.45) is 0.161. The van der Waals surface area contributed by atoms with Gasteiger partial charge in [0.05, 0.1) is 5.60 Å². The molecule has 0 radical (unpaired) electrons. The Morgan fingerprint density at radius 2 is 1.48 bits per heavy atom. The average molecular weight is 417 g/mol. The van der Waals surface area contributed by atoms with Gasteiger partial charge in [-0.3, -0.25) is 0 Å². The summed E-state index contributed by atoms with van der Waals surface area (Å²) >= 11 is 0. The van der Waals surface area contributed by atoms with Crippen LogP contribution in [0.25, 0.3) is 11.1 Å². The highest BCUT2D eigenvalue weighted by Gasteiger charge is 2.38. The molecule has 31 heavy (non-hydrogen) atoms. The molecule has 158 valence electrons. The maximum Gasteiger partial charge on any atom is 0.409 e. The van der Waals surface area contributed by atoms with Crippen molar-refractivity contribution in [2.75, 3.05) is 19.7 Å². The van der Waals surface area contributed by atoms with Gasteiger partial charge in [0.25, 0.3) is 0 Å². The molecule has 1 aliphatic carbocycles. The Labute approximate surface area is 180 Å². The van der Waals surface area contributed by atoms with Crippen LogP contribution in [-0.2, 0) is 10.3 Å². The number of carbonyl (C=O) groups is 1. The standard InChI is InChI=1S/C26H24FNO3/c27-24-12-6-5-11-23(24)26(30)13-15-28(16-14-26)25(29)31-17-22-20-9-3-1-7-18(20)19-8-2-4-10-21(19)22/h1-12,22,30H,13-17H2. The first kappa shape index (κ1) is 19.8. The highest BCUT2D eigenvalue weighted by atomic mass is 19.1.